The number of hydrogen-bond acceptors (Lipinski definition) is 5. The van der Waals surface area contributed by atoms with Crippen LogP contribution in [0, 0.1) is 6.92 Å². The van der Waals surface area contributed by atoms with E-state index in [4.69, 9.17) is 4.74 Å². The van der Waals surface area contributed by atoms with E-state index in [9.17, 15) is 19.2 Å². The van der Waals surface area contributed by atoms with Gasteiger partial charge in [0.2, 0.25) is 5.78 Å². The molecule has 1 aliphatic rings. The SMILES string of the molecule is Cc1ccc(C(=O)[C@H](C)OC(=O)c2ccccc2N2C(=O)c3ccc(Br)cc3C2=O)cc1. The number of aryl methyl sites for hydroxylation is 1. The van der Waals surface area contributed by atoms with Gasteiger partial charge in [0.1, 0.15) is 0 Å². The van der Waals surface area contributed by atoms with E-state index in [2.05, 4.69) is 15.9 Å². The van der Waals surface area contributed by atoms with Gasteiger partial charge in [0, 0.05) is 10.0 Å². The summed E-state index contributed by atoms with van der Waals surface area (Å²) in [6, 6.07) is 17.9. The second kappa shape index (κ2) is 8.51. The normalized spacial score (nSPS) is 13.7. The molecule has 0 aliphatic carbocycles. The lowest BCUT2D eigenvalue weighted by Crippen LogP contribution is -2.32. The molecule has 7 heteroatoms. The third kappa shape index (κ3) is 3.87. The van der Waals surface area contributed by atoms with Crippen molar-refractivity contribution < 1.29 is 23.9 Å². The average molecular weight is 492 g/mol. The van der Waals surface area contributed by atoms with Crippen molar-refractivity contribution in [3.05, 3.63) is 99.0 Å². The van der Waals surface area contributed by atoms with E-state index in [-0.39, 0.29) is 28.2 Å². The number of hydrogen-bond donors (Lipinski definition) is 0. The van der Waals surface area contributed by atoms with Crippen molar-refractivity contribution in [2.45, 2.75) is 20.0 Å². The Morgan fingerprint density at radius 3 is 2.28 bits per heavy atom. The molecule has 1 aliphatic heterocycles. The van der Waals surface area contributed by atoms with Crippen LogP contribution in [0.3, 0.4) is 0 Å². The lowest BCUT2D eigenvalue weighted by Gasteiger charge is -2.19. The van der Waals surface area contributed by atoms with Crippen LogP contribution in [0.15, 0.2) is 71.2 Å². The molecule has 0 N–H and O–H groups in total. The highest BCUT2D eigenvalue weighted by atomic mass is 79.9. The number of esters is 1. The lowest BCUT2D eigenvalue weighted by atomic mass is 10.1. The maximum atomic E-state index is 13.0. The van der Waals surface area contributed by atoms with Gasteiger partial charge in [-0.1, -0.05) is 57.9 Å². The van der Waals surface area contributed by atoms with Crippen molar-refractivity contribution in [1.82, 2.24) is 0 Å². The number of Topliss-reactive ketones (excluding diaryl/α,β-unsaturated/α-hetero) is 1. The van der Waals surface area contributed by atoms with Gasteiger partial charge in [-0.15, -0.1) is 0 Å². The highest BCUT2D eigenvalue weighted by Crippen LogP contribution is 2.32. The van der Waals surface area contributed by atoms with Gasteiger partial charge in [-0.25, -0.2) is 9.69 Å². The van der Waals surface area contributed by atoms with Crippen LogP contribution in [0.5, 0.6) is 0 Å². The van der Waals surface area contributed by atoms with E-state index in [1.165, 1.54) is 19.1 Å². The predicted molar refractivity (Wildman–Crippen MR) is 122 cm³/mol. The summed E-state index contributed by atoms with van der Waals surface area (Å²) in [5.74, 6) is -2.20. The first-order valence-electron chi connectivity index (χ1n) is 9.87. The fourth-order valence-corrected chi connectivity index (χ4v) is 3.86. The van der Waals surface area contributed by atoms with Crippen LogP contribution >= 0.6 is 15.9 Å². The molecule has 0 aromatic heterocycles. The molecular weight excluding hydrogens is 474 g/mol. The van der Waals surface area contributed by atoms with E-state index in [0.717, 1.165) is 10.5 Å². The van der Waals surface area contributed by atoms with Crippen molar-refractivity contribution in [3.63, 3.8) is 0 Å². The third-order valence-electron chi connectivity index (χ3n) is 5.20. The zero-order valence-corrected chi connectivity index (χ0v) is 18.9. The van der Waals surface area contributed by atoms with Crippen LogP contribution in [-0.4, -0.2) is 29.7 Å². The first-order valence-corrected chi connectivity index (χ1v) is 10.7. The molecule has 160 valence electrons. The number of nitrogens with zero attached hydrogens (tertiary/aromatic N) is 1. The molecule has 0 unspecified atom stereocenters. The molecule has 1 heterocycles. The summed E-state index contributed by atoms with van der Waals surface area (Å²) in [5, 5.41) is 0. The van der Waals surface area contributed by atoms with Crippen molar-refractivity contribution in [3.8, 4) is 0 Å². The number of carbonyl (C=O) groups excluding carboxylic acids is 4. The van der Waals surface area contributed by atoms with Gasteiger partial charge in [0.15, 0.2) is 6.10 Å². The molecule has 0 saturated carbocycles. The van der Waals surface area contributed by atoms with E-state index in [0.29, 0.717) is 10.0 Å². The maximum absolute atomic E-state index is 13.0. The summed E-state index contributed by atoms with van der Waals surface area (Å²) in [7, 11) is 0. The van der Waals surface area contributed by atoms with Crippen molar-refractivity contribution in [2.75, 3.05) is 4.90 Å². The molecule has 32 heavy (non-hydrogen) atoms. The molecule has 2 amide bonds. The number of rotatable bonds is 5. The van der Waals surface area contributed by atoms with Gasteiger partial charge >= 0.3 is 5.97 Å². The molecule has 3 aromatic carbocycles. The monoisotopic (exact) mass is 491 g/mol. The summed E-state index contributed by atoms with van der Waals surface area (Å²) in [4.78, 5) is 52.4. The number of imide groups is 1. The standard InChI is InChI=1S/C25H18BrNO5/c1-14-7-9-16(10-8-14)22(28)15(2)32-25(31)19-5-3-4-6-21(19)27-23(29)18-12-11-17(26)13-20(18)24(27)30/h3-13,15H,1-2H3/t15-/m0/s1. The second-order valence-corrected chi connectivity index (χ2v) is 8.35. The van der Waals surface area contributed by atoms with E-state index >= 15 is 0 Å². The average Bonchev–Trinajstić information content (AvgIpc) is 3.03. The molecule has 0 bridgehead atoms. The lowest BCUT2D eigenvalue weighted by molar-refractivity contribution is 0.0319. The number of halogens is 1. The third-order valence-corrected chi connectivity index (χ3v) is 5.70. The Bertz CT molecular complexity index is 1270. The van der Waals surface area contributed by atoms with Crippen LogP contribution in [0.4, 0.5) is 5.69 Å². The van der Waals surface area contributed by atoms with Crippen LogP contribution in [0.2, 0.25) is 0 Å². The molecule has 0 saturated heterocycles. The zero-order chi connectivity index (χ0) is 23.0. The molecular formula is C25H18BrNO5. The van der Waals surface area contributed by atoms with Crippen molar-refractivity contribution in [2.24, 2.45) is 0 Å². The van der Waals surface area contributed by atoms with Crippen LogP contribution < -0.4 is 4.90 Å². The number of fused-ring (bicyclic) bond motifs is 1. The predicted octanol–water partition coefficient (Wildman–Crippen LogP) is 4.99. The summed E-state index contributed by atoms with van der Waals surface area (Å²) in [6.07, 6.45) is -1.05. The molecule has 3 aromatic rings. The van der Waals surface area contributed by atoms with Gasteiger partial charge in [-0.2, -0.15) is 0 Å². The first-order chi connectivity index (χ1) is 15.3. The fraction of sp³-hybridized carbons (Fsp3) is 0.120. The molecule has 1 atom stereocenters. The summed E-state index contributed by atoms with van der Waals surface area (Å²) < 4.78 is 6.07. The Labute approximate surface area is 192 Å². The minimum atomic E-state index is -1.05. The highest BCUT2D eigenvalue weighted by Gasteiger charge is 2.38. The van der Waals surface area contributed by atoms with Gasteiger partial charge in [-0.3, -0.25) is 14.4 Å². The molecule has 0 fully saturated rings. The molecule has 0 spiro atoms. The van der Waals surface area contributed by atoms with E-state index in [1.54, 1.807) is 54.6 Å². The maximum Gasteiger partial charge on any atom is 0.340 e. The smallest absolute Gasteiger partial charge is 0.340 e. The zero-order valence-electron chi connectivity index (χ0n) is 17.3. The topological polar surface area (TPSA) is 80.8 Å². The second-order valence-electron chi connectivity index (χ2n) is 7.43. The van der Waals surface area contributed by atoms with Gasteiger partial charge in [0.25, 0.3) is 11.8 Å². The Hall–Kier alpha value is -3.58. The van der Waals surface area contributed by atoms with E-state index < -0.39 is 23.9 Å². The highest BCUT2D eigenvalue weighted by molar-refractivity contribution is 9.10. The number of carbonyl (C=O) groups is 4. The Morgan fingerprint density at radius 2 is 1.56 bits per heavy atom. The first kappa shape index (κ1) is 21.6. The Morgan fingerprint density at radius 1 is 0.906 bits per heavy atom. The molecule has 6 nitrogen and oxygen atoms in total. The van der Waals surface area contributed by atoms with Crippen LogP contribution in [0.25, 0.3) is 0 Å². The largest absolute Gasteiger partial charge is 0.451 e. The minimum absolute atomic E-state index is 0.0182. The number of para-hydroxylation sites is 1. The van der Waals surface area contributed by atoms with Gasteiger partial charge < -0.3 is 4.74 Å². The van der Waals surface area contributed by atoms with Crippen molar-refractivity contribution in [1.29, 1.82) is 0 Å². The number of amides is 2. The van der Waals surface area contributed by atoms with Crippen LogP contribution in [-0.2, 0) is 4.74 Å². The Kier molecular flexibility index (Phi) is 5.76. The summed E-state index contributed by atoms with van der Waals surface area (Å²) >= 11 is 3.30. The van der Waals surface area contributed by atoms with E-state index in [1.807, 2.05) is 6.92 Å². The summed E-state index contributed by atoms with van der Waals surface area (Å²) in [6.45, 7) is 3.40. The Balaban J connectivity index is 1.61. The molecule has 4 rings (SSSR count). The molecule has 0 radical (unpaired) electrons. The van der Waals surface area contributed by atoms with Gasteiger partial charge in [-0.05, 0) is 44.2 Å². The number of ether oxygens (including phenoxy) is 1. The van der Waals surface area contributed by atoms with Crippen molar-refractivity contribution >= 4 is 45.2 Å². The number of benzene rings is 3. The van der Waals surface area contributed by atoms with Gasteiger partial charge in [0.05, 0.1) is 22.4 Å². The summed E-state index contributed by atoms with van der Waals surface area (Å²) in [5.41, 5.74) is 2.06. The van der Waals surface area contributed by atoms with Crippen LogP contribution in [0.1, 0.15) is 53.9 Å². The fourth-order valence-electron chi connectivity index (χ4n) is 3.50. The minimum Gasteiger partial charge on any atom is -0.451 e. The quantitative estimate of drug-likeness (QED) is 0.285. The number of ketones is 1. The number of anilines is 1.